The number of benzene rings is 1. The lowest BCUT2D eigenvalue weighted by molar-refractivity contribution is 0.380. The van der Waals surface area contributed by atoms with E-state index in [1.54, 1.807) is 0 Å². The number of hydrogen-bond acceptors (Lipinski definition) is 4. The van der Waals surface area contributed by atoms with Gasteiger partial charge in [0.1, 0.15) is 0 Å². The number of rotatable bonds is 4. The van der Waals surface area contributed by atoms with Crippen LogP contribution < -0.4 is 5.32 Å². The Labute approximate surface area is 111 Å². The molecule has 0 bridgehead atoms. The molecule has 1 N–H and O–H groups in total. The summed E-state index contributed by atoms with van der Waals surface area (Å²) in [6, 6.07) is 8.14. The highest BCUT2D eigenvalue weighted by Gasteiger charge is 2.35. The minimum absolute atomic E-state index is 0.435. The average molecular weight is 259 g/mol. The first-order valence-electron chi connectivity index (χ1n) is 6.32. The quantitative estimate of drug-likeness (QED) is 0.914. The van der Waals surface area contributed by atoms with Crippen LogP contribution in [0, 0.1) is 0 Å². The number of nitrogens with one attached hydrogen (secondary N) is 1. The molecule has 1 aliphatic carbocycles. The zero-order chi connectivity index (χ0) is 12.4. The first-order chi connectivity index (χ1) is 8.83. The molecule has 1 aromatic carbocycles. The van der Waals surface area contributed by atoms with E-state index in [9.17, 15) is 0 Å². The topological polar surface area (TPSA) is 37.8 Å². The molecule has 0 atom stereocenters. The van der Waals surface area contributed by atoms with Crippen molar-refractivity contribution in [3.8, 4) is 0 Å². The van der Waals surface area contributed by atoms with Crippen LogP contribution in [-0.4, -0.2) is 27.7 Å². The first-order valence-corrected chi connectivity index (χ1v) is 7.55. The summed E-state index contributed by atoms with van der Waals surface area (Å²) in [4.78, 5) is 0. The minimum Gasteiger partial charge on any atom is -0.382 e. The number of nitrogens with zero attached hydrogens (tertiary/aromatic N) is 2. The van der Waals surface area contributed by atoms with Crippen molar-refractivity contribution in [1.29, 1.82) is 0 Å². The van der Waals surface area contributed by atoms with Crippen LogP contribution in [0.2, 0.25) is 0 Å². The van der Waals surface area contributed by atoms with Crippen LogP contribution in [0.15, 0.2) is 30.5 Å². The predicted octanol–water partition coefficient (Wildman–Crippen LogP) is 3.33. The molecule has 94 valence electrons. The Balaban J connectivity index is 1.82. The fourth-order valence-electron chi connectivity index (χ4n) is 2.43. The molecule has 1 aromatic heterocycles. The molecule has 0 radical (unpaired) electrons. The smallest absolute Gasteiger partial charge is 0.0950 e. The Kier molecular flexibility index (Phi) is 3.12. The maximum atomic E-state index is 4.15. The number of hydrogen-bond donors (Lipinski definition) is 1. The highest BCUT2D eigenvalue weighted by Crippen LogP contribution is 2.42. The Hall–Kier alpha value is -1.29. The Morgan fingerprint density at radius 3 is 2.89 bits per heavy atom. The highest BCUT2D eigenvalue weighted by molar-refractivity contribution is 8.00. The van der Waals surface area contributed by atoms with Crippen LogP contribution in [0.4, 0.5) is 5.69 Å². The SMILES string of the molecule is CSC1(CNc2cnnc3ccccc23)CCC1. The summed E-state index contributed by atoms with van der Waals surface area (Å²) in [7, 11) is 0. The van der Waals surface area contributed by atoms with Gasteiger partial charge >= 0.3 is 0 Å². The predicted molar refractivity (Wildman–Crippen MR) is 78.1 cm³/mol. The number of thioether (sulfide) groups is 1. The van der Waals surface area contributed by atoms with E-state index in [4.69, 9.17) is 0 Å². The zero-order valence-electron chi connectivity index (χ0n) is 10.5. The Morgan fingerprint density at radius 1 is 1.33 bits per heavy atom. The summed E-state index contributed by atoms with van der Waals surface area (Å²) >= 11 is 1.99. The summed E-state index contributed by atoms with van der Waals surface area (Å²) in [5.74, 6) is 0. The van der Waals surface area contributed by atoms with E-state index < -0.39 is 0 Å². The van der Waals surface area contributed by atoms with Gasteiger partial charge in [-0.05, 0) is 25.2 Å². The lowest BCUT2D eigenvalue weighted by atomic mass is 9.84. The maximum Gasteiger partial charge on any atom is 0.0950 e. The van der Waals surface area contributed by atoms with Crippen molar-refractivity contribution < 1.29 is 0 Å². The molecule has 1 aliphatic rings. The normalized spacial score (nSPS) is 17.4. The van der Waals surface area contributed by atoms with Crippen LogP contribution in [0.3, 0.4) is 0 Å². The number of aromatic nitrogens is 2. The van der Waals surface area contributed by atoms with Crippen molar-refractivity contribution in [2.75, 3.05) is 18.1 Å². The second-order valence-electron chi connectivity index (χ2n) is 4.87. The molecule has 0 aliphatic heterocycles. The van der Waals surface area contributed by atoms with Gasteiger partial charge in [0.05, 0.1) is 17.4 Å². The van der Waals surface area contributed by atoms with Crippen LogP contribution in [0.5, 0.6) is 0 Å². The fraction of sp³-hybridized carbons (Fsp3) is 0.429. The molecule has 1 heterocycles. The fourth-order valence-corrected chi connectivity index (χ4v) is 3.34. The highest BCUT2D eigenvalue weighted by atomic mass is 32.2. The molecule has 0 unspecified atom stereocenters. The van der Waals surface area contributed by atoms with Gasteiger partial charge in [-0.1, -0.05) is 24.6 Å². The molecule has 18 heavy (non-hydrogen) atoms. The van der Waals surface area contributed by atoms with Crippen molar-refractivity contribution in [2.24, 2.45) is 0 Å². The van der Waals surface area contributed by atoms with Gasteiger partial charge in [-0.2, -0.15) is 22.0 Å². The van der Waals surface area contributed by atoms with Crippen molar-refractivity contribution in [3.05, 3.63) is 30.5 Å². The van der Waals surface area contributed by atoms with Gasteiger partial charge < -0.3 is 5.32 Å². The lowest BCUT2D eigenvalue weighted by Crippen LogP contribution is -2.40. The molecule has 4 heteroatoms. The summed E-state index contributed by atoms with van der Waals surface area (Å²) in [5, 5.41) is 12.9. The molecule has 2 aromatic rings. The van der Waals surface area contributed by atoms with E-state index >= 15 is 0 Å². The first kappa shape index (κ1) is 11.8. The van der Waals surface area contributed by atoms with E-state index in [0.29, 0.717) is 4.75 Å². The third-order valence-electron chi connectivity index (χ3n) is 3.85. The standard InChI is InChI=1S/C14H17N3S/c1-18-14(7-4-8-14)10-15-13-9-16-17-12-6-3-2-5-11(12)13/h2-3,5-6,9H,4,7-8,10H2,1H3,(H,15,17). The van der Waals surface area contributed by atoms with Crippen LogP contribution in [-0.2, 0) is 0 Å². The summed E-state index contributed by atoms with van der Waals surface area (Å²) < 4.78 is 0.435. The van der Waals surface area contributed by atoms with Crippen molar-refractivity contribution in [3.63, 3.8) is 0 Å². The van der Waals surface area contributed by atoms with Gasteiger partial charge in [-0.3, -0.25) is 0 Å². The van der Waals surface area contributed by atoms with Crippen LogP contribution in [0.1, 0.15) is 19.3 Å². The van der Waals surface area contributed by atoms with Gasteiger partial charge in [0.25, 0.3) is 0 Å². The second kappa shape index (κ2) is 4.76. The molecule has 0 spiro atoms. The zero-order valence-corrected chi connectivity index (χ0v) is 11.3. The molecule has 1 fully saturated rings. The van der Waals surface area contributed by atoms with Crippen LogP contribution >= 0.6 is 11.8 Å². The summed E-state index contributed by atoms with van der Waals surface area (Å²) in [6.07, 6.45) is 8.03. The van der Waals surface area contributed by atoms with Crippen molar-refractivity contribution in [1.82, 2.24) is 10.2 Å². The second-order valence-corrected chi connectivity index (χ2v) is 6.14. The average Bonchev–Trinajstić information content (AvgIpc) is 2.38. The maximum absolute atomic E-state index is 4.15. The largest absolute Gasteiger partial charge is 0.382 e. The van der Waals surface area contributed by atoms with Gasteiger partial charge in [0, 0.05) is 16.7 Å². The van der Waals surface area contributed by atoms with E-state index in [1.165, 1.54) is 19.3 Å². The number of fused-ring (bicyclic) bond motifs is 1. The third kappa shape index (κ3) is 2.05. The van der Waals surface area contributed by atoms with E-state index in [-0.39, 0.29) is 0 Å². The van der Waals surface area contributed by atoms with Gasteiger partial charge in [0.2, 0.25) is 0 Å². The summed E-state index contributed by atoms with van der Waals surface area (Å²) in [5.41, 5.74) is 2.05. The molecule has 0 amide bonds. The van der Waals surface area contributed by atoms with Crippen molar-refractivity contribution >= 4 is 28.4 Å². The Morgan fingerprint density at radius 2 is 2.17 bits per heavy atom. The molecule has 3 rings (SSSR count). The van der Waals surface area contributed by atoms with Gasteiger partial charge in [-0.15, -0.1) is 0 Å². The Bertz CT molecular complexity index is 541. The molecular weight excluding hydrogens is 242 g/mol. The van der Waals surface area contributed by atoms with Gasteiger partial charge in [0.15, 0.2) is 0 Å². The van der Waals surface area contributed by atoms with Crippen LogP contribution in [0.25, 0.3) is 10.9 Å². The molecule has 0 saturated heterocycles. The monoisotopic (exact) mass is 259 g/mol. The molecular formula is C14H17N3S. The van der Waals surface area contributed by atoms with Gasteiger partial charge in [-0.25, -0.2) is 0 Å². The lowest BCUT2D eigenvalue weighted by Gasteiger charge is -2.40. The van der Waals surface area contributed by atoms with Crippen molar-refractivity contribution in [2.45, 2.75) is 24.0 Å². The van der Waals surface area contributed by atoms with E-state index in [2.05, 4.69) is 27.8 Å². The van der Waals surface area contributed by atoms with E-state index in [1.807, 2.05) is 36.2 Å². The molecule has 3 nitrogen and oxygen atoms in total. The molecule has 1 saturated carbocycles. The number of anilines is 1. The van der Waals surface area contributed by atoms with E-state index in [0.717, 1.165) is 23.1 Å². The minimum atomic E-state index is 0.435. The third-order valence-corrected chi connectivity index (χ3v) is 5.26. The summed E-state index contributed by atoms with van der Waals surface area (Å²) in [6.45, 7) is 1.02.